The molecule has 1 saturated carbocycles. The molecule has 1 N–H and O–H groups in total. The molecule has 0 spiro atoms. The minimum Gasteiger partial charge on any atom is -0.340 e. The van der Waals surface area contributed by atoms with Gasteiger partial charge in [0.1, 0.15) is 5.54 Å². The first-order valence-corrected chi connectivity index (χ1v) is 9.02. The summed E-state index contributed by atoms with van der Waals surface area (Å²) in [7, 11) is 0. The van der Waals surface area contributed by atoms with Crippen LogP contribution in [0.15, 0.2) is 16.2 Å². The van der Waals surface area contributed by atoms with Crippen LogP contribution in [0.4, 0.5) is 0 Å². The lowest BCUT2D eigenvalue weighted by atomic mass is 9.88. The van der Waals surface area contributed by atoms with Gasteiger partial charge >= 0.3 is 0 Å². The first kappa shape index (κ1) is 16.2. The molecular formula is C18H27N3O2. The zero-order chi connectivity index (χ0) is 16.1. The maximum Gasteiger partial charge on any atom is 0.247 e. The van der Waals surface area contributed by atoms with E-state index in [4.69, 9.17) is 4.52 Å². The van der Waals surface area contributed by atoms with E-state index >= 15 is 0 Å². The predicted molar refractivity (Wildman–Crippen MR) is 87.7 cm³/mol. The SMILES string of the molecule is Cc1nc(C2(NC(=O)C3=CCCCCC3)CCCCCC2)no1. The third-order valence-electron chi connectivity index (χ3n) is 5.10. The standard InChI is InChI=1S/C18H27N3O2/c1-14-19-17(21-23-14)18(12-8-4-5-9-13-18)20-16(22)15-10-6-2-3-7-11-15/h10H,2-9,11-13H2,1H3,(H,20,22). The number of carbonyl (C=O) groups excluding carboxylic acids is 1. The van der Waals surface area contributed by atoms with Crippen molar-refractivity contribution in [3.8, 4) is 0 Å². The van der Waals surface area contributed by atoms with Gasteiger partial charge in [-0.1, -0.05) is 43.3 Å². The fourth-order valence-electron chi connectivity index (χ4n) is 3.75. The maximum atomic E-state index is 12.9. The van der Waals surface area contributed by atoms with Gasteiger partial charge in [-0.15, -0.1) is 0 Å². The highest BCUT2D eigenvalue weighted by molar-refractivity contribution is 5.93. The summed E-state index contributed by atoms with van der Waals surface area (Å²) < 4.78 is 5.20. The van der Waals surface area contributed by atoms with Crippen LogP contribution >= 0.6 is 0 Å². The van der Waals surface area contributed by atoms with E-state index < -0.39 is 5.54 Å². The molecule has 0 bridgehead atoms. The molecule has 1 fully saturated rings. The molecule has 0 unspecified atom stereocenters. The topological polar surface area (TPSA) is 68.0 Å². The maximum absolute atomic E-state index is 12.9. The van der Waals surface area contributed by atoms with Crippen LogP contribution < -0.4 is 5.32 Å². The van der Waals surface area contributed by atoms with Gasteiger partial charge in [-0.3, -0.25) is 4.79 Å². The minimum absolute atomic E-state index is 0.0660. The molecule has 0 atom stereocenters. The number of aryl methyl sites for hydroxylation is 1. The monoisotopic (exact) mass is 317 g/mol. The molecule has 0 saturated heterocycles. The van der Waals surface area contributed by atoms with Gasteiger partial charge in [-0.05, 0) is 38.5 Å². The van der Waals surface area contributed by atoms with Gasteiger partial charge in [0.15, 0.2) is 5.82 Å². The number of carbonyl (C=O) groups is 1. The van der Waals surface area contributed by atoms with Crippen LogP contribution in [0.2, 0.25) is 0 Å². The number of nitrogens with zero attached hydrogens (tertiary/aromatic N) is 2. The van der Waals surface area contributed by atoms with E-state index in [0.717, 1.165) is 50.5 Å². The molecule has 1 heterocycles. The van der Waals surface area contributed by atoms with Crippen LogP contribution in [0, 0.1) is 6.92 Å². The van der Waals surface area contributed by atoms with Gasteiger partial charge in [0.25, 0.3) is 0 Å². The van der Waals surface area contributed by atoms with Crippen LogP contribution in [-0.4, -0.2) is 16.0 Å². The fourth-order valence-corrected chi connectivity index (χ4v) is 3.75. The summed E-state index contributed by atoms with van der Waals surface area (Å²) >= 11 is 0. The summed E-state index contributed by atoms with van der Waals surface area (Å²) in [4.78, 5) is 17.3. The molecule has 126 valence electrons. The van der Waals surface area contributed by atoms with Crippen LogP contribution in [0.25, 0.3) is 0 Å². The second kappa shape index (κ2) is 7.28. The number of rotatable bonds is 3. The first-order valence-electron chi connectivity index (χ1n) is 9.02. The smallest absolute Gasteiger partial charge is 0.247 e. The van der Waals surface area contributed by atoms with E-state index in [-0.39, 0.29) is 5.91 Å². The molecule has 0 aliphatic heterocycles. The van der Waals surface area contributed by atoms with E-state index in [0.29, 0.717) is 11.7 Å². The molecule has 5 nitrogen and oxygen atoms in total. The van der Waals surface area contributed by atoms with Crippen LogP contribution in [-0.2, 0) is 10.3 Å². The Morgan fingerprint density at radius 1 is 1.13 bits per heavy atom. The average molecular weight is 317 g/mol. The number of aromatic nitrogens is 2. The minimum atomic E-state index is -0.460. The van der Waals surface area contributed by atoms with Crippen LogP contribution in [0.5, 0.6) is 0 Å². The van der Waals surface area contributed by atoms with Crippen LogP contribution in [0.3, 0.4) is 0 Å². The Balaban J connectivity index is 1.83. The molecule has 5 heteroatoms. The molecule has 23 heavy (non-hydrogen) atoms. The Bertz CT molecular complexity index is 569. The second-order valence-corrected chi connectivity index (χ2v) is 6.92. The number of allylic oxidation sites excluding steroid dienone is 1. The first-order chi connectivity index (χ1) is 11.2. The number of nitrogens with one attached hydrogen (secondary N) is 1. The van der Waals surface area contributed by atoms with Gasteiger partial charge in [0, 0.05) is 12.5 Å². The van der Waals surface area contributed by atoms with Gasteiger partial charge in [-0.25, -0.2) is 0 Å². The van der Waals surface area contributed by atoms with E-state index in [1.807, 2.05) is 0 Å². The normalized spacial score (nSPS) is 21.9. The third-order valence-corrected chi connectivity index (χ3v) is 5.10. The quantitative estimate of drug-likeness (QED) is 0.858. The predicted octanol–water partition coefficient (Wildman–Crippen LogP) is 3.93. The lowest BCUT2D eigenvalue weighted by molar-refractivity contribution is -0.120. The van der Waals surface area contributed by atoms with Crippen molar-refractivity contribution in [2.75, 3.05) is 0 Å². The van der Waals surface area contributed by atoms with Crippen molar-refractivity contribution in [2.45, 2.75) is 83.1 Å². The van der Waals surface area contributed by atoms with Crippen molar-refractivity contribution in [1.29, 1.82) is 0 Å². The molecule has 3 rings (SSSR count). The van der Waals surface area contributed by atoms with Gasteiger partial charge < -0.3 is 9.84 Å². The van der Waals surface area contributed by atoms with Crippen molar-refractivity contribution >= 4 is 5.91 Å². The fraction of sp³-hybridized carbons (Fsp3) is 0.722. The number of hydrogen-bond acceptors (Lipinski definition) is 4. The Morgan fingerprint density at radius 3 is 2.57 bits per heavy atom. The molecule has 0 radical (unpaired) electrons. The second-order valence-electron chi connectivity index (χ2n) is 6.92. The summed E-state index contributed by atoms with van der Waals surface area (Å²) in [6.45, 7) is 1.80. The Hall–Kier alpha value is -1.65. The largest absolute Gasteiger partial charge is 0.340 e. The molecule has 1 aromatic rings. The van der Waals surface area contributed by atoms with E-state index in [1.54, 1.807) is 6.92 Å². The van der Waals surface area contributed by atoms with E-state index in [1.165, 1.54) is 25.7 Å². The zero-order valence-corrected chi connectivity index (χ0v) is 14.1. The highest BCUT2D eigenvalue weighted by Crippen LogP contribution is 2.35. The molecule has 0 aromatic carbocycles. The van der Waals surface area contributed by atoms with Gasteiger partial charge in [0.05, 0.1) is 0 Å². The highest BCUT2D eigenvalue weighted by atomic mass is 16.5. The van der Waals surface area contributed by atoms with E-state index in [2.05, 4.69) is 21.5 Å². The van der Waals surface area contributed by atoms with Crippen LogP contribution in [0.1, 0.15) is 82.3 Å². The van der Waals surface area contributed by atoms with Crippen molar-refractivity contribution in [2.24, 2.45) is 0 Å². The molecule has 2 aliphatic carbocycles. The molecule has 2 aliphatic rings. The molecular weight excluding hydrogens is 290 g/mol. The highest BCUT2D eigenvalue weighted by Gasteiger charge is 2.39. The molecule has 1 amide bonds. The van der Waals surface area contributed by atoms with Gasteiger partial charge in [0.2, 0.25) is 11.8 Å². The van der Waals surface area contributed by atoms with Crippen molar-refractivity contribution in [3.63, 3.8) is 0 Å². The number of amides is 1. The summed E-state index contributed by atoms with van der Waals surface area (Å²) in [5, 5.41) is 7.46. The van der Waals surface area contributed by atoms with Crippen molar-refractivity contribution in [3.05, 3.63) is 23.4 Å². The number of hydrogen-bond donors (Lipinski definition) is 1. The van der Waals surface area contributed by atoms with Crippen molar-refractivity contribution in [1.82, 2.24) is 15.5 Å². The Morgan fingerprint density at radius 2 is 1.87 bits per heavy atom. The van der Waals surface area contributed by atoms with Gasteiger partial charge in [-0.2, -0.15) is 4.98 Å². The lowest BCUT2D eigenvalue weighted by Gasteiger charge is -2.31. The van der Waals surface area contributed by atoms with E-state index in [9.17, 15) is 4.79 Å². The summed E-state index contributed by atoms with van der Waals surface area (Å²) in [6, 6.07) is 0. The third kappa shape index (κ3) is 3.82. The summed E-state index contributed by atoms with van der Waals surface area (Å²) in [5.41, 5.74) is 0.477. The Kier molecular flexibility index (Phi) is 5.13. The lowest BCUT2D eigenvalue weighted by Crippen LogP contribution is -2.47. The molecule has 1 aromatic heterocycles. The van der Waals surface area contributed by atoms with Crippen molar-refractivity contribution < 1.29 is 9.32 Å². The zero-order valence-electron chi connectivity index (χ0n) is 14.1. The summed E-state index contributed by atoms with van der Waals surface area (Å²) in [6.07, 6.45) is 13.9. The summed E-state index contributed by atoms with van der Waals surface area (Å²) in [5.74, 6) is 1.28. The average Bonchev–Trinajstić information content (AvgIpc) is 2.76. The Labute approximate surface area is 137 Å².